The maximum atomic E-state index is 12.2. The highest BCUT2D eigenvalue weighted by atomic mass is 16.5. The normalized spacial score (nSPS) is 17.3. The molecule has 0 radical (unpaired) electrons. The van der Waals surface area contributed by atoms with Gasteiger partial charge in [0.15, 0.2) is 0 Å². The number of piperazine rings is 1. The Balaban J connectivity index is 1.95. The zero-order chi connectivity index (χ0) is 18.0. The molecule has 0 aliphatic carbocycles. The van der Waals surface area contributed by atoms with Crippen LogP contribution in [0, 0.1) is 6.92 Å². The van der Waals surface area contributed by atoms with Crippen molar-refractivity contribution >= 4 is 16.5 Å². The summed E-state index contributed by atoms with van der Waals surface area (Å²) in [6.45, 7) is 12.5. The summed E-state index contributed by atoms with van der Waals surface area (Å²) >= 11 is 0. The SMILES string of the molecule is C/C=C(/CN1CCN(CC)CC1)c1c(C)cnc2c(=O)n(O)ccc12. The molecule has 3 rings (SSSR count). The van der Waals surface area contributed by atoms with E-state index >= 15 is 0 Å². The van der Waals surface area contributed by atoms with Gasteiger partial charge < -0.3 is 10.1 Å². The first-order chi connectivity index (χ1) is 12.0. The topological polar surface area (TPSA) is 61.6 Å². The Bertz CT molecular complexity index is 848. The second-order valence-electron chi connectivity index (χ2n) is 6.57. The first kappa shape index (κ1) is 17.6. The van der Waals surface area contributed by atoms with Crippen LogP contribution in [0.5, 0.6) is 0 Å². The zero-order valence-corrected chi connectivity index (χ0v) is 15.2. The van der Waals surface area contributed by atoms with Gasteiger partial charge in [0, 0.05) is 50.5 Å². The standard InChI is InChI=1S/C19H26N4O2/c1-4-15(13-22-10-8-21(5-2)9-11-22)17-14(3)12-20-18-16(17)6-7-23(25)19(18)24/h4,6-7,12,25H,5,8-11,13H2,1-3H3/b15-4-. The van der Waals surface area contributed by atoms with E-state index in [9.17, 15) is 10.0 Å². The van der Waals surface area contributed by atoms with Crippen LogP contribution in [0.2, 0.25) is 0 Å². The largest absolute Gasteiger partial charge is 0.425 e. The first-order valence-corrected chi connectivity index (χ1v) is 8.85. The van der Waals surface area contributed by atoms with Crippen molar-refractivity contribution in [3.8, 4) is 0 Å². The van der Waals surface area contributed by atoms with E-state index in [1.807, 2.05) is 13.8 Å². The van der Waals surface area contributed by atoms with Gasteiger partial charge in [0.1, 0.15) is 5.52 Å². The van der Waals surface area contributed by atoms with Crippen LogP contribution in [-0.4, -0.2) is 64.0 Å². The molecule has 0 amide bonds. The predicted octanol–water partition coefficient (Wildman–Crippen LogP) is 1.98. The number of hydrogen-bond donors (Lipinski definition) is 1. The summed E-state index contributed by atoms with van der Waals surface area (Å²) in [6, 6.07) is 1.77. The van der Waals surface area contributed by atoms with Gasteiger partial charge in [0.05, 0.1) is 0 Å². The second kappa shape index (κ2) is 7.37. The molecule has 1 N–H and O–H groups in total. The molecular weight excluding hydrogens is 316 g/mol. The molecule has 25 heavy (non-hydrogen) atoms. The van der Waals surface area contributed by atoms with E-state index in [1.54, 1.807) is 12.3 Å². The molecule has 134 valence electrons. The van der Waals surface area contributed by atoms with Crippen molar-refractivity contribution < 1.29 is 5.21 Å². The lowest BCUT2D eigenvalue weighted by Crippen LogP contribution is -2.46. The summed E-state index contributed by atoms with van der Waals surface area (Å²) in [4.78, 5) is 21.3. The lowest BCUT2D eigenvalue weighted by atomic mass is 9.97. The number of fused-ring (bicyclic) bond motifs is 1. The molecule has 0 spiro atoms. The van der Waals surface area contributed by atoms with Gasteiger partial charge in [-0.15, -0.1) is 0 Å². The van der Waals surface area contributed by atoms with Crippen molar-refractivity contribution in [3.05, 3.63) is 46.0 Å². The van der Waals surface area contributed by atoms with Crippen LogP contribution in [0.3, 0.4) is 0 Å². The van der Waals surface area contributed by atoms with Gasteiger partial charge in [-0.1, -0.05) is 13.0 Å². The molecule has 1 aliphatic heterocycles. The molecule has 1 aliphatic rings. The van der Waals surface area contributed by atoms with Crippen LogP contribution in [0.4, 0.5) is 0 Å². The molecule has 0 aromatic carbocycles. The molecule has 6 heteroatoms. The molecule has 0 bridgehead atoms. The number of aryl methyl sites for hydroxylation is 1. The van der Waals surface area contributed by atoms with Crippen molar-refractivity contribution in [1.29, 1.82) is 0 Å². The van der Waals surface area contributed by atoms with Gasteiger partial charge in [-0.05, 0) is 43.2 Å². The van der Waals surface area contributed by atoms with Crippen LogP contribution >= 0.6 is 0 Å². The van der Waals surface area contributed by atoms with E-state index in [2.05, 4.69) is 27.8 Å². The Morgan fingerprint density at radius 3 is 2.60 bits per heavy atom. The Hall–Kier alpha value is -2.18. The van der Waals surface area contributed by atoms with Crippen molar-refractivity contribution in [1.82, 2.24) is 19.5 Å². The van der Waals surface area contributed by atoms with Gasteiger partial charge in [-0.3, -0.25) is 9.69 Å². The van der Waals surface area contributed by atoms with Crippen LogP contribution in [0.15, 0.2) is 29.3 Å². The minimum Gasteiger partial charge on any atom is -0.425 e. The third-order valence-electron chi connectivity index (χ3n) is 5.07. The Labute approximate surface area is 148 Å². The molecular formula is C19H26N4O2. The number of rotatable bonds is 4. The molecule has 6 nitrogen and oxygen atoms in total. The minimum absolute atomic E-state index is 0.306. The third-order valence-corrected chi connectivity index (χ3v) is 5.07. The van der Waals surface area contributed by atoms with Crippen molar-refractivity contribution in [3.63, 3.8) is 0 Å². The Kier molecular flexibility index (Phi) is 5.20. The molecule has 2 aromatic heterocycles. The van der Waals surface area contributed by atoms with Gasteiger partial charge in [-0.2, -0.15) is 4.73 Å². The maximum absolute atomic E-state index is 12.2. The first-order valence-electron chi connectivity index (χ1n) is 8.85. The average molecular weight is 342 g/mol. The van der Waals surface area contributed by atoms with Crippen molar-refractivity contribution in [2.45, 2.75) is 20.8 Å². The molecule has 0 atom stereocenters. The van der Waals surface area contributed by atoms with Crippen LogP contribution in [0.25, 0.3) is 16.5 Å². The van der Waals surface area contributed by atoms with E-state index in [0.717, 1.165) is 55.8 Å². The quantitative estimate of drug-likeness (QED) is 0.861. The lowest BCUT2D eigenvalue weighted by molar-refractivity contribution is 0.150. The fourth-order valence-electron chi connectivity index (χ4n) is 3.53. The fourth-order valence-corrected chi connectivity index (χ4v) is 3.53. The van der Waals surface area contributed by atoms with Crippen LogP contribution in [0.1, 0.15) is 25.0 Å². The van der Waals surface area contributed by atoms with Gasteiger partial charge in [0.25, 0.3) is 0 Å². The molecule has 0 saturated carbocycles. The predicted molar refractivity (Wildman–Crippen MR) is 100 cm³/mol. The summed E-state index contributed by atoms with van der Waals surface area (Å²) in [7, 11) is 0. The van der Waals surface area contributed by atoms with Crippen LogP contribution in [-0.2, 0) is 0 Å². The van der Waals surface area contributed by atoms with Gasteiger partial charge >= 0.3 is 5.56 Å². The highest BCUT2D eigenvalue weighted by molar-refractivity contribution is 5.92. The second-order valence-corrected chi connectivity index (χ2v) is 6.57. The molecule has 2 aromatic rings. The zero-order valence-electron chi connectivity index (χ0n) is 15.2. The summed E-state index contributed by atoms with van der Waals surface area (Å²) < 4.78 is 0.591. The van der Waals surface area contributed by atoms with E-state index in [1.165, 1.54) is 11.8 Å². The van der Waals surface area contributed by atoms with E-state index < -0.39 is 5.56 Å². The number of hydrogen-bond acceptors (Lipinski definition) is 5. The molecule has 1 saturated heterocycles. The lowest BCUT2D eigenvalue weighted by Gasteiger charge is -2.34. The van der Waals surface area contributed by atoms with Gasteiger partial charge in [0.2, 0.25) is 0 Å². The van der Waals surface area contributed by atoms with Crippen molar-refractivity contribution in [2.24, 2.45) is 0 Å². The number of aromatic nitrogens is 2. The molecule has 0 unspecified atom stereocenters. The van der Waals surface area contributed by atoms with Crippen molar-refractivity contribution in [2.75, 3.05) is 39.3 Å². The third kappa shape index (κ3) is 3.45. The average Bonchev–Trinajstić information content (AvgIpc) is 2.63. The minimum atomic E-state index is -0.481. The Morgan fingerprint density at radius 2 is 1.96 bits per heavy atom. The highest BCUT2D eigenvalue weighted by Crippen LogP contribution is 2.26. The molecule has 1 fully saturated rings. The fraction of sp³-hybridized carbons (Fsp3) is 0.474. The van der Waals surface area contributed by atoms with E-state index in [4.69, 9.17) is 0 Å². The van der Waals surface area contributed by atoms with Crippen LogP contribution < -0.4 is 5.56 Å². The van der Waals surface area contributed by atoms with E-state index in [-0.39, 0.29) is 0 Å². The Morgan fingerprint density at radius 1 is 1.28 bits per heavy atom. The maximum Gasteiger partial charge on any atom is 0.309 e. The number of pyridine rings is 2. The summed E-state index contributed by atoms with van der Waals surface area (Å²) in [5.41, 5.74) is 3.13. The number of likely N-dealkylation sites (N-methyl/N-ethyl adjacent to an activating group) is 1. The number of nitrogens with zero attached hydrogens (tertiary/aromatic N) is 4. The summed E-state index contributed by atoms with van der Waals surface area (Å²) in [5.74, 6) is 0. The number of allylic oxidation sites excluding steroid dienone is 1. The monoisotopic (exact) mass is 342 g/mol. The molecule has 3 heterocycles. The smallest absolute Gasteiger partial charge is 0.309 e. The van der Waals surface area contributed by atoms with E-state index in [0.29, 0.717) is 10.2 Å². The summed E-state index contributed by atoms with van der Waals surface area (Å²) in [6.07, 6.45) is 5.23. The highest BCUT2D eigenvalue weighted by Gasteiger charge is 2.19. The van der Waals surface area contributed by atoms with Gasteiger partial charge in [-0.25, -0.2) is 4.98 Å². The summed E-state index contributed by atoms with van der Waals surface area (Å²) in [5, 5.41) is 10.4.